The fourth-order valence-corrected chi connectivity index (χ4v) is 5.58. The summed E-state index contributed by atoms with van der Waals surface area (Å²) in [5.74, 6) is -0.370. The number of nitrogens with zero attached hydrogens (tertiary/aromatic N) is 2. The average Bonchev–Trinajstić information content (AvgIpc) is 2.96. The molecule has 0 radical (unpaired) electrons. The van der Waals surface area contributed by atoms with Crippen LogP contribution in [0.25, 0.3) is 0 Å². The summed E-state index contributed by atoms with van der Waals surface area (Å²) in [6, 6.07) is 13.4. The van der Waals surface area contributed by atoms with E-state index in [2.05, 4.69) is 0 Å². The maximum atomic E-state index is 13.4. The molecule has 1 heterocycles. The molecule has 0 saturated carbocycles. The van der Waals surface area contributed by atoms with E-state index in [0.717, 1.165) is 9.21 Å². The van der Waals surface area contributed by atoms with Gasteiger partial charge in [-0.25, -0.2) is 13.3 Å². The molecule has 1 aliphatic rings. The van der Waals surface area contributed by atoms with Gasteiger partial charge in [0.2, 0.25) is 15.9 Å². The first-order valence-corrected chi connectivity index (χ1v) is 11.2. The number of imide groups is 1. The maximum Gasteiger partial charge on any atom is 0.252 e. The molecular formula is C22H26N2O5S. The van der Waals surface area contributed by atoms with Crippen LogP contribution in [0.15, 0.2) is 59.5 Å². The third-order valence-electron chi connectivity index (χ3n) is 4.77. The second kappa shape index (κ2) is 8.20. The molecular weight excluding hydrogens is 404 g/mol. The third-order valence-corrected chi connectivity index (χ3v) is 6.96. The predicted octanol–water partition coefficient (Wildman–Crippen LogP) is 3.21. The van der Waals surface area contributed by atoms with E-state index < -0.39 is 33.4 Å². The van der Waals surface area contributed by atoms with Crippen LogP contribution >= 0.6 is 0 Å². The van der Waals surface area contributed by atoms with Gasteiger partial charge in [0.05, 0.1) is 23.6 Å². The molecule has 7 nitrogen and oxygen atoms in total. The largest absolute Gasteiger partial charge is 0.494 e. The number of ether oxygens (including phenoxy) is 1. The van der Waals surface area contributed by atoms with Crippen molar-refractivity contribution >= 4 is 27.5 Å². The summed E-state index contributed by atoms with van der Waals surface area (Å²) in [7, 11) is -4.00. The molecule has 1 saturated heterocycles. The van der Waals surface area contributed by atoms with Gasteiger partial charge < -0.3 is 4.74 Å². The number of anilines is 1. The Kier molecular flexibility index (Phi) is 6.01. The van der Waals surface area contributed by atoms with Crippen molar-refractivity contribution in [2.24, 2.45) is 0 Å². The Morgan fingerprint density at radius 1 is 1.03 bits per heavy atom. The van der Waals surface area contributed by atoms with Crippen LogP contribution in [0, 0.1) is 0 Å². The Labute approximate surface area is 177 Å². The number of carbonyl (C=O) groups is 2. The van der Waals surface area contributed by atoms with Crippen molar-refractivity contribution in [3.8, 4) is 5.75 Å². The zero-order valence-corrected chi connectivity index (χ0v) is 18.3. The Bertz CT molecular complexity index is 1030. The number of hydrogen-bond donors (Lipinski definition) is 0. The van der Waals surface area contributed by atoms with Crippen LogP contribution in [-0.2, 0) is 19.6 Å². The molecule has 160 valence electrons. The highest BCUT2D eigenvalue weighted by atomic mass is 32.2. The Morgan fingerprint density at radius 3 is 2.17 bits per heavy atom. The lowest BCUT2D eigenvalue weighted by Crippen LogP contribution is -2.54. The summed E-state index contributed by atoms with van der Waals surface area (Å²) in [5, 5.41) is 0. The van der Waals surface area contributed by atoms with E-state index in [1.165, 1.54) is 12.1 Å². The van der Waals surface area contributed by atoms with Crippen molar-refractivity contribution in [3.05, 3.63) is 54.6 Å². The lowest BCUT2D eigenvalue weighted by molar-refractivity contribution is -0.122. The molecule has 1 fully saturated rings. The third kappa shape index (κ3) is 4.11. The lowest BCUT2D eigenvalue weighted by atomic mass is 10.1. The number of rotatable bonds is 6. The molecule has 0 spiro atoms. The van der Waals surface area contributed by atoms with Crippen molar-refractivity contribution in [2.75, 3.05) is 11.5 Å². The first-order valence-electron chi connectivity index (χ1n) is 9.76. The van der Waals surface area contributed by atoms with Crippen LogP contribution in [0.1, 0.15) is 34.1 Å². The fourth-order valence-electron chi connectivity index (χ4n) is 3.63. The Morgan fingerprint density at radius 2 is 1.63 bits per heavy atom. The molecule has 1 aliphatic heterocycles. The maximum absolute atomic E-state index is 13.4. The predicted molar refractivity (Wildman–Crippen MR) is 114 cm³/mol. The minimum Gasteiger partial charge on any atom is -0.494 e. The SMILES string of the molecule is CCOc1ccc(N2C(=O)CC(N(C(C)(C)C)S(=O)(=O)c3ccccc3)C2=O)cc1. The first kappa shape index (κ1) is 22.0. The van der Waals surface area contributed by atoms with Gasteiger partial charge in [-0.2, -0.15) is 4.31 Å². The molecule has 1 unspecified atom stereocenters. The highest BCUT2D eigenvalue weighted by Crippen LogP contribution is 2.34. The summed E-state index contributed by atoms with van der Waals surface area (Å²) in [6.07, 6.45) is -0.213. The summed E-state index contributed by atoms with van der Waals surface area (Å²) >= 11 is 0. The minimum absolute atomic E-state index is 0.0830. The topological polar surface area (TPSA) is 84.0 Å². The summed E-state index contributed by atoms with van der Waals surface area (Å²) in [5.41, 5.74) is -0.522. The van der Waals surface area contributed by atoms with Crippen LogP contribution < -0.4 is 9.64 Å². The first-order chi connectivity index (χ1) is 14.1. The molecule has 8 heteroatoms. The molecule has 0 aliphatic carbocycles. The quantitative estimate of drug-likeness (QED) is 0.657. The van der Waals surface area contributed by atoms with E-state index in [1.54, 1.807) is 63.2 Å². The zero-order valence-electron chi connectivity index (χ0n) is 17.5. The van der Waals surface area contributed by atoms with Gasteiger partial charge in [-0.3, -0.25) is 9.59 Å². The second-order valence-corrected chi connectivity index (χ2v) is 9.81. The van der Waals surface area contributed by atoms with Crippen molar-refractivity contribution in [3.63, 3.8) is 0 Å². The summed E-state index contributed by atoms with van der Waals surface area (Å²) < 4.78 is 33.4. The smallest absolute Gasteiger partial charge is 0.252 e. The number of amides is 2. The second-order valence-electron chi connectivity index (χ2n) is 8.00. The molecule has 2 aromatic carbocycles. The van der Waals surface area contributed by atoms with Crippen molar-refractivity contribution < 1.29 is 22.7 Å². The minimum atomic E-state index is -4.00. The van der Waals surface area contributed by atoms with Gasteiger partial charge in [0.1, 0.15) is 11.8 Å². The lowest BCUT2D eigenvalue weighted by Gasteiger charge is -2.37. The summed E-state index contributed by atoms with van der Waals surface area (Å²) in [6.45, 7) is 7.50. The van der Waals surface area contributed by atoms with Gasteiger partial charge >= 0.3 is 0 Å². The number of hydrogen-bond acceptors (Lipinski definition) is 5. The van der Waals surface area contributed by atoms with Gasteiger partial charge in [-0.05, 0) is 64.1 Å². The van der Waals surface area contributed by atoms with Crippen molar-refractivity contribution in [1.82, 2.24) is 4.31 Å². The van der Waals surface area contributed by atoms with Gasteiger partial charge in [0.15, 0.2) is 0 Å². The number of benzene rings is 2. The van der Waals surface area contributed by atoms with Gasteiger partial charge in [-0.1, -0.05) is 18.2 Å². The molecule has 2 amide bonds. The fraction of sp³-hybridized carbons (Fsp3) is 0.364. The molecule has 0 N–H and O–H groups in total. The van der Waals surface area contributed by atoms with E-state index in [4.69, 9.17) is 4.74 Å². The Balaban J connectivity index is 1.99. The Hall–Kier alpha value is -2.71. The van der Waals surface area contributed by atoms with Crippen LogP contribution in [0.2, 0.25) is 0 Å². The molecule has 2 aromatic rings. The molecule has 0 aromatic heterocycles. The zero-order chi connectivity index (χ0) is 22.1. The van der Waals surface area contributed by atoms with Crippen LogP contribution in [0.3, 0.4) is 0 Å². The van der Waals surface area contributed by atoms with E-state index >= 15 is 0 Å². The van der Waals surface area contributed by atoms with Gasteiger partial charge in [-0.15, -0.1) is 0 Å². The van der Waals surface area contributed by atoms with Gasteiger partial charge in [0, 0.05) is 5.54 Å². The molecule has 0 bridgehead atoms. The molecule has 30 heavy (non-hydrogen) atoms. The normalized spacial score (nSPS) is 17.6. The van der Waals surface area contributed by atoms with Crippen molar-refractivity contribution in [1.29, 1.82) is 0 Å². The highest BCUT2D eigenvalue weighted by Gasteiger charge is 2.50. The van der Waals surface area contributed by atoms with Crippen LogP contribution in [-0.4, -0.2) is 42.7 Å². The van der Waals surface area contributed by atoms with E-state index in [0.29, 0.717) is 18.0 Å². The molecule has 3 rings (SSSR count). The standard InChI is InChI=1S/C22H26N2O5S/c1-5-29-17-13-11-16(12-14-17)23-20(25)15-19(21(23)26)24(22(2,3)4)30(27,28)18-9-7-6-8-10-18/h6-14,19H,5,15H2,1-4H3. The van der Waals surface area contributed by atoms with Crippen LogP contribution in [0.4, 0.5) is 5.69 Å². The number of carbonyl (C=O) groups excluding carboxylic acids is 2. The van der Waals surface area contributed by atoms with Gasteiger partial charge in [0.25, 0.3) is 5.91 Å². The monoisotopic (exact) mass is 430 g/mol. The van der Waals surface area contributed by atoms with Crippen molar-refractivity contribution in [2.45, 2.75) is 50.6 Å². The van der Waals surface area contributed by atoms with E-state index in [-0.39, 0.29) is 11.3 Å². The average molecular weight is 431 g/mol. The highest BCUT2D eigenvalue weighted by molar-refractivity contribution is 7.89. The van der Waals surface area contributed by atoms with E-state index in [9.17, 15) is 18.0 Å². The molecule has 1 atom stereocenters. The summed E-state index contributed by atoms with van der Waals surface area (Å²) in [4.78, 5) is 27.2. The van der Waals surface area contributed by atoms with Crippen LogP contribution in [0.5, 0.6) is 5.75 Å². The van der Waals surface area contributed by atoms with E-state index in [1.807, 2.05) is 6.92 Å². The number of sulfonamides is 1.